The lowest BCUT2D eigenvalue weighted by molar-refractivity contribution is -0.129. The molecule has 15 heavy (non-hydrogen) atoms. The van der Waals surface area contributed by atoms with E-state index in [2.05, 4.69) is 5.32 Å². The van der Waals surface area contributed by atoms with Crippen LogP contribution in [0.15, 0.2) is 0 Å². The van der Waals surface area contributed by atoms with Crippen LogP contribution in [0.25, 0.3) is 0 Å². The molecular formula is C9H18N2O4. The van der Waals surface area contributed by atoms with Gasteiger partial charge in [-0.15, -0.1) is 0 Å². The molecule has 0 saturated carbocycles. The number of hydrogen-bond donors (Lipinski definition) is 3. The molecule has 1 amide bonds. The molecule has 0 radical (unpaired) electrons. The molecule has 1 saturated heterocycles. The predicted octanol–water partition coefficient (Wildman–Crippen LogP) is -2.21. The zero-order chi connectivity index (χ0) is 11.3. The van der Waals surface area contributed by atoms with Crippen LogP contribution in [0.1, 0.15) is 0 Å². The number of carbonyl (C=O) groups excluding carboxylic acids is 1. The lowest BCUT2D eigenvalue weighted by atomic mass is 10.3. The predicted molar refractivity (Wildman–Crippen MR) is 53.3 cm³/mol. The van der Waals surface area contributed by atoms with Crippen molar-refractivity contribution in [3.63, 3.8) is 0 Å². The van der Waals surface area contributed by atoms with Gasteiger partial charge < -0.3 is 25.2 Å². The van der Waals surface area contributed by atoms with E-state index in [-0.39, 0.29) is 25.5 Å². The molecular weight excluding hydrogens is 200 g/mol. The average molecular weight is 218 g/mol. The topological polar surface area (TPSA) is 82.0 Å². The van der Waals surface area contributed by atoms with Gasteiger partial charge in [-0.25, -0.2) is 0 Å². The summed E-state index contributed by atoms with van der Waals surface area (Å²) in [4.78, 5) is 13.0. The number of ether oxygens (including phenoxy) is 1. The standard InChI is InChI=1S/C9H18N2O4/c1-15-3-2-10-4-9(14)11-5-7(12)8(13)6-11/h7-8,10,12-13H,2-6H2,1H3/t7-,8+. The molecule has 1 aliphatic heterocycles. The normalized spacial score (nSPS) is 25.9. The summed E-state index contributed by atoms with van der Waals surface area (Å²) in [7, 11) is 1.59. The number of rotatable bonds is 5. The summed E-state index contributed by atoms with van der Waals surface area (Å²) in [5, 5.41) is 21.4. The monoisotopic (exact) mass is 218 g/mol. The van der Waals surface area contributed by atoms with Gasteiger partial charge in [-0.05, 0) is 0 Å². The van der Waals surface area contributed by atoms with Crippen molar-refractivity contribution in [2.75, 3.05) is 39.9 Å². The average Bonchev–Trinajstić information content (AvgIpc) is 2.54. The van der Waals surface area contributed by atoms with E-state index in [0.29, 0.717) is 13.2 Å². The molecule has 0 aliphatic carbocycles. The number of likely N-dealkylation sites (tertiary alicyclic amines) is 1. The van der Waals surface area contributed by atoms with E-state index in [0.717, 1.165) is 0 Å². The first-order chi connectivity index (χ1) is 7.15. The van der Waals surface area contributed by atoms with E-state index in [9.17, 15) is 15.0 Å². The third kappa shape index (κ3) is 3.75. The highest BCUT2D eigenvalue weighted by molar-refractivity contribution is 5.78. The number of carbonyl (C=O) groups is 1. The zero-order valence-electron chi connectivity index (χ0n) is 8.85. The summed E-state index contributed by atoms with van der Waals surface area (Å²) in [6.45, 7) is 1.81. The van der Waals surface area contributed by atoms with E-state index in [1.165, 1.54) is 4.90 Å². The molecule has 0 aromatic carbocycles. The van der Waals surface area contributed by atoms with Crippen LogP contribution >= 0.6 is 0 Å². The molecule has 2 atom stereocenters. The van der Waals surface area contributed by atoms with Crippen LogP contribution in [-0.2, 0) is 9.53 Å². The van der Waals surface area contributed by atoms with E-state index < -0.39 is 12.2 Å². The lowest BCUT2D eigenvalue weighted by Gasteiger charge is -2.15. The van der Waals surface area contributed by atoms with Crippen molar-refractivity contribution in [2.45, 2.75) is 12.2 Å². The Kier molecular flexibility index (Phi) is 4.97. The summed E-state index contributed by atoms with van der Waals surface area (Å²) < 4.78 is 4.82. The van der Waals surface area contributed by atoms with Crippen molar-refractivity contribution >= 4 is 5.91 Å². The Morgan fingerprint density at radius 3 is 2.60 bits per heavy atom. The number of β-amino-alcohol motifs (C(OH)–C–C–N with tert-alkyl or cyclic N) is 2. The minimum atomic E-state index is -0.812. The SMILES string of the molecule is COCCNCC(=O)N1C[C@@H](O)[C@@H](O)C1. The van der Waals surface area contributed by atoms with Gasteiger partial charge in [0.15, 0.2) is 0 Å². The first kappa shape index (κ1) is 12.4. The number of hydrogen-bond acceptors (Lipinski definition) is 5. The Bertz CT molecular complexity index is 202. The highest BCUT2D eigenvalue weighted by Crippen LogP contribution is 2.09. The second kappa shape index (κ2) is 6.02. The summed E-state index contributed by atoms with van der Waals surface area (Å²) in [5.41, 5.74) is 0. The second-order valence-electron chi connectivity index (χ2n) is 3.60. The van der Waals surface area contributed by atoms with Gasteiger partial charge in [-0.2, -0.15) is 0 Å². The lowest BCUT2D eigenvalue weighted by Crippen LogP contribution is -2.38. The van der Waals surface area contributed by atoms with E-state index >= 15 is 0 Å². The Labute approximate surface area is 88.8 Å². The quantitative estimate of drug-likeness (QED) is 0.456. The van der Waals surface area contributed by atoms with Crippen LogP contribution in [0.4, 0.5) is 0 Å². The van der Waals surface area contributed by atoms with Gasteiger partial charge in [0.05, 0.1) is 25.4 Å². The molecule has 0 unspecified atom stereocenters. The number of nitrogens with one attached hydrogen (secondary N) is 1. The molecule has 1 heterocycles. The molecule has 0 aromatic heterocycles. The number of methoxy groups -OCH3 is 1. The molecule has 6 nitrogen and oxygen atoms in total. The van der Waals surface area contributed by atoms with Crippen LogP contribution < -0.4 is 5.32 Å². The summed E-state index contributed by atoms with van der Waals surface area (Å²) in [6, 6.07) is 0. The van der Waals surface area contributed by atoms with Gasteiger partial charge in [0.25, 0.3) is 0 Å². The van der Waals surface area contributed by atoms with Gasteiger partial charge in [0.2, 0.25) is 5.91 Å². The number of amides is 1. The molecule has 6 heteroatoms. The van der Waals surface area contributed by atoms with E-state index in [1.54, 1.807) is 7.11 Å². The van der Waals surface area contributed by atoms with Gasteiger partial charge >= 0.3 is 0 Å². The molecule has 3 N–H and O–H groups in total. The third-order valence-electron chi connectivity index (χ3n) is 2.37. The number of aliphatic hydroxyl groups excluding tert-OH is 2. The maximum absolute atomic E-state index is 11.5. The van der Waals surface area contributed by atoms with E-state index in [1.807, 2.05) is 0 Å². The summed E-state index contributed by atoms with van der Waals surface area (Å²) in [6.07, 6.45) is -1.62. The fourth-order valence-electron chi connectivity index (χ4n) is 1.45. The van der Waals surface area contributed by atoms with E-state index in [4.69, 9.17) is 4.74 Å². The molecule has 1 fully saturated rings. The van der Waals surface area contributed by atoms with Crippen molar-refractivity contribution in [2.24, 2.45) is 0 Å². The minimum Gasteiger partial charge on any atom is -0.388 e. The molecule has 0 bridgehead atoms. The van der Waals surface area contributed by atoms with Crippen LogP contribution in [-0.4, -0.2) is 73.1 Å². The smallest absolute Gasteiger partial charge is 0.236 e. The van der Waals surface area contributed by atoms with Crippen molar-refractivity contribution in [3.8, 4) is 0 Å². The third-order valence-corrected chi connectivity index (χ3v) is 2.37. The highest BCUT2D eigenvalue weighted by Gasteiger charge is 2.31. The Morgan fingerprint density at radius 2 is 2.07 bits per heavy atom. The van der Waals surface area contributed by atoms with Gasteiger partial charge in [0, 0.05) is 26.7 Å². The molecule has 88 valence electrons. The van der Waals surface area contributed by atoms with Crippen LogP contribution in [0.2, 0.25) is 0 Å². The second-order valence-corrected chi connectivity index (χ2v) is 3.60. The summed E-state index contributed by atoms with van der Waals surface area (Å²) in [5.74, 6) is -0.110. The molecule has 1 rings (SSSR count). The molecule has 1 aliphatic rings. The number of aliphatic hydroxyl groups is 2. The van der Waals surface area contributed by atoms with Gasteiger partial charge in [-0.3, -0.25) is 4.79 Å². The largest absolute Gasteiger partial charge is 0.388 e. The van der Waals surface area contributed by atoms with Crippen molar-refractivity contribution in [3.05, 3.63) is 0 Å². The Morgan fingerprint density at radius 1 is 1.47 bits per heavy atom. The molecule has 0 aromatic rings. The van der Waals surface area contributed by atoms with Gasteiger partial charge in [-0.1, -0.05) is 0 Å². The maximum Gasteiger partial charge on any atom is 0.236 e. The first-order valence-corrected chi connectivity index (χ1v) is 4.98. The number of nitrogens with zero attached hydrogens (tertiary/aromatic N) is 1. The maximum atomic E-state index is 11.5. The fourth-order valence-corrected chi connectivity index (χ4v) is 1.45. The van der Waals surface area contributed by atoms with Gasteiger partial charge in [0.1, 0.15) is 0 Å². The Balaban J connectivity index is 2.18. The van der Waals surface area contributed by atoms with Crippen molar-refractivity contribution < 1.29 is 19.7 Å². The molecule has 0 spiro atoms. The van der Waals surface area contributed by atoms with Crippen LogP contribution in [0.3, 0.4) is 0 Å². The summed E-state index contributed by atoms with van der Waals surface area (Å²) >= 11 is 0. The Hall–Kier alpha value is -0.690. The first-order valence-electron chi connectivity index (χ1n) is 4.98. The van der Waals surface area contributed by atoms with Crippen LogP contribution in [0, 0.1) is 0 Å². The zero-order valence-corrected chi connectivity index (χ0v) is 8.85. The van der Waals surface area contributed by atoms with Crippen molar-refractivity contribution in [1.82, 2.24) is 10.2 Å². The fraction of sp³-hybridized carbons (Fsp3) is 0.889. The highest BCUT2D eigenvalue weighted by atomic mass is 16.5. The van der Waals surface area contributed by atoms with Crippen LogP contribution in [0.5, 0.6) is 0 Å². The minimum absolute atomic E-state index is 0.110. The van der Waals surface area contributed by atoms with Crippen molar-refractivity contribution in [1.29, 1.82) is 0 Å².